The van der Waals surface area contributed by atoms with Crippen molar-refractivity contribution in [2.45, 2.75) is 23.6 Å². The van der Waals surface area contributed by atoms with Crippen LogP contribution in [0.2, 0.25) is 0 Å². The first kappa shape index (κ1) is 26.6. The van der Waals surface area contributed by atoms with Gasteiger partial charge in [-0.15, -0.1) is 24.2 Å². The number of hydrogen-bond acceptors (Lipinski definition) is 7. The number of hydrogen-bond donors (Lipinski definition) is 0. The Hall–Kier alpha value is -1.65. The van der Waals surface area contributed by atoms with E-state index >= 15 is 0 Å². The molecule has 6 nitrogen and oxygen atoms in total. The third-order valence-electron chi connectivity index (χ3n) is 5.10. The third kappa shape index (κ3) is 6.23. The van der Waals surface area contributed by atoms with Crippen molar-refractivity contribution in [1.29, 1.82) is 0 Å². The number of thiazole rings is 1. The molecule has 0 unspecified atom stereocenters. The molecule has 0 spiro atoms. The Morgan fingerprint density at radius 2 is 1.81 bits per heavy atom. The predicted octanol–water partition coefficient (Wildman–Crippen LogP) is 4.83. The Morgan fingerprint density at radius 1 is 1.09 bits per heavy atom. The molecule has 0 aliphatic heterocycles. The monoisotopic (exact) mass is 513 g/mol. The quantitative estimate of drug-likeness (QED) is 0.381. The first-order chi connectivity index (χ1) is 14.8. The van der Waals surface area contributed by atoms with Gasteiger partial charge in [-0.25, -0.2) is 13.4 Å². The molecule has 10 heteroatoms. The van der Waals surface area contributed by atoms with Gasteiger partial charge in [0.1, 0.15) is 0 Å². The Labute approximate surface area is 204 Å². The van der Waals surface area contributed by atoms with E-state index in [4.69, 9.17) is 0 Å². The molecule has 0 aliphatic rings. The van der Waals surface area contributed by atoms with Crippen molar-refractivity contribution in [2.24, 2.45) is 0 Å². The molecule has 0 N–H and O–H groups in total. The van der Waals surface area contributed by atoms with E-state index in [2.05, 4.69) is 23.7 Å². The van der Waals surface area contributed by atoms with Crippen molar-refractivity contribution in [3.8, 4) is 0 Å². The van der Waals surface area contributed by atoms with Crippen molar-refractivity contribution in [3.05, 3.63) is 48.0 Å². The highest BCUT2D eigenvalue weighted by atomic mass is 35.5. The summed E-state index contributed by atoms with van der Waals surface area (Å²) in [6.07, 6.45) is 3.17. The molecule has 3 aromatic rings. The number of sulfone groups is 1. The van der Waals surface area contributed by atoms with Crippen molar-refractivity contribution in [2.75, 3.05) is 43.6 Å². The molecule has 0 atom stereocenters. The molecule has 1 heterocycles. The number of rotatable bonds is 9. The summed E-state index contributed by atoms with van der Waals surface area (Å²) in [4.78, 5) is 23.4. The van der Waals surface area contributed by atoms with E-state index in [-0.39, 0.29) is 23.2 Å². The smallest absolute Gasteiger partial charge is 0.260 e. The molecule has 3 rings (SSSR count). The van der Waals surface area contributed by atoms with Crippen molar-refractivity contribution in [1.82, 2.24) is 9.88 Å². The van der Waals surface area contributed by atoms with E-state index in [0.29, 0.717) is 22.8 Å². The summed E-state index contributed by atoms with van der Waals surface area (Å²) in [7, 11) is -3.31. The summed E-state index contributed by atoms with van der Waals surface area (Å²) in [6.45, 7) is 7.23. The van der Waals surface area contributed by atoms with Crippen LogP contribution in [0.1, 0.15) is 24.2 Å². The number of benzene rings is 2. The molecule has 1 aromatic heterocycles. The third-order valence-corrected chi connectivity index (χ3v) is 7.98. The molecule has 0 fully saturated rings. The Balaban J connectivity index is 0.00000363. The van der Waals surface area contributed by atoms with Gasteiger partial charge in [0.2, 0.25) is 0 Å². The van der Waals surface area contributed by atoms with Gasteiger partial charge in [0.25, 0.3) is 5.91 Å². The summed E-state index contributed by atoms with van der Waals surface area (Å²) in [5.41, 5.74) is 1.30. The Bertz CT molecular complexity index is 1180. The number of carbonyl (C=O) groups excluding carboxylic acids is 1. The maximum atomic E-state index is 13.5. The second kappa shape index (κ2) is 11.5. The lowest BCUT2D eigenvalue weighted by molar-refractivity contribution is 0.0983. The van der Waals surface area contributed by atoms with E-state index in [9.17, 15) is 13.2 Å². The second-order valence-electron chi connectivity index (χ2n) is 7.11. The van der Waals surface area contributed by atoms with Crippen molar-refractivity contribution < 1.29 is 13.2 Å². The molecule has 0 saturated heterocycles. The van der Waals surface area contributed by atoms with Crippen LogP contribution < -0.4 is 4.90 Å². The fraction of sp³-hybridized carbons (Fsp3) is 0.364. The van der Waals surface area contributed by atoms with Crippen molar-refractivity contribution >= 4 is 66.6 Å². The Morgan fingerprint density at radius 3 is 2.44 bits per heavy atom. The van der Waals surface area contributed by atoms with Gasteiger partial charge in [-0.05, 0) is 55.7 Å². The second-order valence-corrected chi connectivity index (χ2v) is 11.0. The molecule has 0 aliphatic carbocycles. The van der Waals surface area contributed by atoms with Crippen LogP contribution in [0.25, 0.3) is 10.2 Å². The number of fused-ring (bicyclic) bond motifs is 1. The summed E-state index contributed by atoms with van der Waals surface area (Å²) < 4.78 is 24.6. The van der Waals surface area contributed by atoms with Gasteiger partial charge in [-0.2, -0.15) is 0 Å². The zero-order valence-corrected chi connectivity index (χ0v) is 21.8. The van der Waals surface area contributed by atoms with Crippen LogP contribution >= 0.6 is 35.5 Å². The minimum absolute atomic E-state index is 0. The lowest BCUT2D eigenvalue weighted by atomic mass is 10.2. The van der Waals surface area contributed by atoms with E-state index < -0.39 is 9.84 Å². The van der Waals surface area contributed by atoms with Crippen LogP contribution in [0.4, 0.5) is 5.13 Å². The average molecular weight is 514 g/mol. The number of amides is 1. The fourth-order valence-electron chi connectivity index (χ4n) is 3.22. The van der Waals surface area contributed by atoms with Crippen molar-refractivity contribution in [3.63, 3.8) is 0 Å². The van der Waals surface area contributed by atoms with Gasteiger partial charge in [-0.1, -0.05) is 31.3 Å². The summed E-state index contributed by atoms with van der Waals surface area (Å²) in [5.74, 6) is -0.106. The number of halogens is 1. The first-order valence-corrected chi connectivity index (χ1v) is 14.0. The maximum Gasteiger partial charge on any atom is 0.260 e. The zero-order chi connectivity index (χ0) is 22.6. The van der Waals surface area contributed by atoms with Crippen LogP contribution in [-0.4, -0.2) is 62.9 Å². The van der Waals surface area contributed by atoms with E-state index in [1.54, 1.807) is 34.9 Å². The predicted molar refractivity (Wildman–Crippen MR) is 138 cm³/mol. The van der Waals surface area contributed by atoms with Gasteiger partial charge < -0.3 is 4.90 Å². The van der Waals surface area contributed by atoms with Crippen LogP contribution in [-0.2, 0) is 9.84 Å². The highest BCUT2D eigenvalue weighted by Gasteiger charge is 2.22. The normalized spacial score (nSPS) is 11.5. The number of anilines is 1. The van der Waals surface area contributed by atoms with Gasteiger partial charge in [-0.3, -0.25) is 9.69 Å². The summed E-state index contributed by atoms with van der Waals surface area (Å²) in [6, 6.07) is 12.5. The number of carbonyl (C=O) groups is 1. The maximum absolute atomic E-state index is 13.5. The zero-order valence-electron chi connectivity index (χ0n) is 18.6. The van der Waals surface area contributed by atoms with E-state index in [1.165, 1.54) is 17.6 Å². The van der Waals surface area contributed by atoms with Gasteiger partial charge in [0.05, 0.1) is 15.1 Å². The summed E-state index contributed by atoms with van der Waals surface area (Å²) >= 11 is 2.93. The molecule has 174 valence electrons. The lowest BCUT2D eigenvalue weighted by Gasteiger charge is -2.24. The van der Waals surface area contributed by atoms with Gasteiger partial charge in [0.15, 0.2) is 15.0 Å². The van der Waals surface area contributed by atoms with Gasteiger partial charge in [0, 0.05) is 29.8 Å². The lowest BCUT2D eigenvalue weighted by Crippen LogP contribution is -2.38. The minimum atomic E-state index is -3.31. The molecule has 1 amide bonds. The highest BCUT2D eigenvalue weighted by molar-refractivity contribution is 7.98. The largest absolute Gasteiger partial charge is 0.302 e. The SMILES string of the molecule is CCN(CC)CCN(C(=O)c1cccc(SC)c1)c1nc2ccc(S(C)(=O)=O)cc2s1.Cl. The van der Waals surface area contributed by atoms with Crippen LogP contribution in [0, 0.1) is 0 Å². The van der Waals surface area contributed by atoms with Crippen LogP contribution in [0.3, 0.4) is 0 Å². The number of likely N-dealkylation sites (N-methyl/N-ethyl adjacent to an activating group) is 1. The molecule has 32 heavy (non-hydrogen) atoms. The van der Waals surface area contributed by atoms with E-state index in [0.717, 1.165) is 29.2 Å². The molecule has 2 aromatic carbocycles. The highest BCUT2D eigenvalue weighted by Crippen LogP contribution is 2.31. The molecule has 0 saturated carbocycles. The molecular formula is C22H28ClN3O3S3. The number of aromatic nitrogens is 1. The fourth-order valence-corrected chi connectivity index (χ4v) is 5.43. The van der Waals surface area contributed by atoms with Crippen LogP contribution in [0.15, 0.2) is 52.3 Å². The molecular weight excluding hydrogens is 486 g/mol. The molecule has 0 radical (unpaired) electrons. The van der Waals surface area contributed by atoms with Gasteiger partial charge >= 0.3 is 0 Å². The Kier molecular flexibility index (Phi) is 9.53. The standard InChI is InChI=1S/C22H27N3O3S3.ClH/c1-5-24(6-2)12-13-25(21(26)16-8-7-9-17(14-16)29-3)22-23-19-11-10-18(31(4,27)28)15-20(19)30-22;/h7-11,14-15H,5-6,12-13H2,1-4H3;1H. The molecule has 0 bridgehead atoms. The van der Waals surface area contributed by atoms with Crippen LogP contribution in [0.5, 0.6) is 0 Å². The average Bonchev–Trinajstić information content (AvgIpc) is 3.19. The number of nitrogens with zero attached hydrogens (tertiary/aromatic N) is 3. The summed E-state index contributed by atoms with van der Waals surface area (Å²) in [5, 5.41) is 0.576. The topological polar surface area (TPSA) is 70.6 Å². The van der Waals surface area contributed by atoms with E-state index in [1.807, 2.05) is 30.5 Å². The first-order valence-electron chi connectivity index (χ1n) is 10.1. The minimum Gasteiger partial charge on any atom is -0.302 e. The number of thioether (sulfide) groups is 1.